The summed E-state index contributed by atoms with van der Waals surface area (Å²) in [5, 5.41) is 2.03. The van der Waals surface area contributed by atoms with E-state index in [1.165, 1.54) is 13.3 Å². The van der Waals surface area contributed by atoms with Crippen molar-refractivity contribution >= 4 is 12.4 Å². The Morgan fingerprint density at radius 2 is 2.33 bits per heavy atom. The Balaban J connectivity index is 0. The maximum Gasteiger partial charge on any atom is 0.304 e. The largest absolute Gasteiger partial charge is 0.520 e. The van der Waals surface area contributed by atoms with Gasteiger partial charge in [0.2, 0.25) is 0 Å². The molecule has 0 aromatic heterocycles. The summed E-state index contributed by atoms with van der Waals surface area (Å²) >= 11 is 0. The summed E-state index contributed by atoms with van der Waals surface area (Å²) in [6, 6.07) is 0. The first-order valence-corrected chi connectivity index (χ1v) is 2.00. The second-order valence-corrected chi connectivity index (χ2v) is 1.06. The number of amides is 1. The first kappa shape index (κ1) is 11.4. The van der Waals surface area contributed by atoms with Crippen molar-refractivity contribution in [3.05, 3.63) is 0 Å². The SMILES string of the molecule is CC(=O)OCN[C-]=O.[Rh]. The van der Waals surface area contributed by atoms with Crippen molar-refractivity contribution in [1.82, 2.24) is 5.32 Å². The van der Waals surface area contributed by atoms with E-state index >= 15 is 0 Å². The molecule has 1 N–H and O–H groups in total. The van der Waals surface area contributed by atoms with Crippen molar-refractivity contribution in [2.24, 2.45) is 0 Å². The van der Waals surface area contributed by atoms with Crippen LogP contribution in [0.2, 0.25) is 0 Å². The maximum absolute atomic E-state index is 9.93. The van der Waals surface area contributed by atoms with Gasteiger partial charge in [0.05, 0.1) is 0 Å². The summed E-state index contributed by atoms with van der Waals surface area (Å²) in [7, 11) is 0. The Bertz CT molecular complexity index is 95.8. The number of esters is 1. The summed E-state index contributed by atoms with van der Waals surface area (Å²) in [5.41, 5.74) is 0. The Hall–Kier alpha value is -0.437. The van der Waals surface area contributed by atoms with E-state index in [1.54, 1.807) is 0 Å². The van der Waals surface area contributed by atoms with Crippen LogP contribution >= 0.6 is 0 Å². The second kappa shape index (κ2) is 7.56. The molecule has 4 nitrogen and oxygen atoms in total. The molecule has 0 saturated heterocycles. The molecule has 1 radical (unpaired) electrons. The van der Waals surface area contributed by atoms with E-state index in [0.717, 1.165) is 0 Å². The zero-order valence-electron chi connectivity index (χ0n) is 4.77. The fourth-order valence-corrected chi connectivity index (χ4v) is 0.167. The third kappa shape index (κ3) is 11.2. The van der Waals surface area contributed by atoms with Crippen LogP contribution in [0.1, 0.15) is 6.92 Å². The van der Waals surface area contributed by atoms with Gasteiger partial charge in [0.25, 0.3) is 0 Å². The molecule has 0 aromatic rings. The third-order valence-corrected chi connectivity index (χ3v) is 0.420. The normalized spacial score (nSPS) is 6.78. The van der Waals surface area contributed by atoms with Crippen LogP contribution in [0.15, 0.2) is 0 Å². The van der Waals surface area contributed by atoms with Crippen molar-refractivity contribution in [3.63, 3.8) is 0 Å². The molecule has 55 valence electrons. The number of ether oxygens (including phenoxy) is 1. The van der Waals surface area contributed by atoms with Gasteiger partial charge < -0.3 is 14.8 Å². The van der Waals surface area contributed by atoms with E-state index in [4.69, 9.17) is 0 Å². The van der Waals surface area contributed by atoms with Gasteiger partial charge in [-0.25, -0.2) is 0 Å². The molecule has 0 spiro atoms. The van der Waals surface area contributed by atoms with Gasteiger partial charge in [0.1, 0.15) is 6.73 Å². The maximum atomic E-state index is 9.93. The molecule has 0 heterocycles. The summed E-state index contributed by atoms with van der Waals surface area (Å²) in [4.78, 5) is 19.3. The van der Waals surface area contributed by atoms with Gasteiger partial charge in [-0.1, -0.05) is 0 Å². The van der Waals surface area contributed by atoms with Gasteiger partial charge in [0.15, 0.2) is 0 Å². The van der Waals surface area contributed by atoms with Crippen molar-refractivity contribution in [3.8, 4) is 0 Å². The molecule has 0 aliphatic heterocycles. The molecule has 0 rings (SSSR count). The topological polar surface area (TPSA) is 55.4 Å². The van der Waals surface area contributed by atoms with E-state index in [1.807, 2.05) is 5.32 Å². The average molecular weight is 219 g/mol. The predicted molar refractivity (Wildman–Crippen MR) is 25.5 cm³/mol. The molecule has 0 aromatic carbocycles. The van der Waals surface area contributed by atoms with E-state index in [2.05, 4.69) is 4.74 Å². The third-order valence-electron chi connectivity index (χ3n) is 0.420. The fraction of sp³-hybridized carbons (Fsp3) is 0.500. The van der Waals surface area contributed by atoms with Crippen LogP contribution < -0.4 is 5.32 Å². The Kier molecular flexibility index (Phi) is 9.56. The first-order chi connectivity index (χ1) is 3.77. The van der Waals surface area contributed by atoms with Crippen LogP contribution in [-0.4, -0.2) is 19.1 Å². The zero-order chi connectivity index (χ0) is 6.41. The van der Waals surface area contributed by atoms with E-state index < -0.39 is 5.97 Å². The Morgan fingerprint density at radius 1 is 1.78 bits per heavy atom. The van der Waals surface area contributed by atoms with Gasteiger partial charge in [-0.2, -0.15) is 6.41 Å². The predicted octanol–water partition coefficient (Wildman–Crippen LogP) is -0.839. The number of hydrogen-bond donors (Lipinski definition) is 1. The minimum Gasteiger partial charge on any atom is -0.520 e. The number of nitrogens with one attached hydrogen (secondary N) is 1. The summed E-state index contributed by atoms with van der Waals surface area (Å²) < 4.78 is 4.27. The smallest absolute Gasteiger partial charge is 0.304 e. The molecule has 0 unspecified atom stereocenters. The van der Waals surface area contributed by atoms with Crippen LogP contribution in [0.3, 0.4) is 0 Å². The Labute approximate surface area is 65.7 Å². The van der Waals surface area contributed by atoms with E-state index in [-0.39, 0.29) is 26.2 Å². The van der Waals surface area contributed by atoms with Gasteiger partial charge >= 0.3 is 5.97 Å². The Morgan fingerprint density at radius 3 is 2.67 bits per heavy atom. The van der Waals surface area contributed by atoms with Crippen LogP contribution in [0.4, 0.5) is 0 Å². The molecule has 1 amide bonds. The molecule has 0 fully saturated rings. The van der Waals surface area contributed by atoms with Gasteiger partial charge in [-0.05, 0) is 0 Å². The van der Waals surface area contributed by atoms with Crippen LogP contribution in [0, 0.1) is 0 Å². The molecule has 9 heavy (non-hydrogen) atoms. The van der Waals surface area contributed by atoms with Crippen molar-refractivity contribution in [2.45, 2.75) is 6.92 Å². The van der Waals surface area contributed by atoms with Gasteiger partial charge in [0, 0.05) is 26.4 Å². The number of hydrogen-bond acceptors (Lipinski definition) is 3. The van der Waals surface area contributed by atoms with Gasteiger partial charge in [-0.3, -0.25) is 4.79 Å². The minimum absolute atomic E-state index is 0. The van der Waals surface area contributed by atoms with Crippen molar-refractivity contribution in [2.75, 3.05) is 6.73 Å². The van der Waals surface area contributed by atoms with Crippen LogP contribution in [0.25, 0.3) is 0 Å². The minimum atomic E-state index is -0.423. The van der Waals surface area contributed by atoms with Crippen LogP contribution in [0.5, 0.6) is 0 Å². The molecular weight excluding hydrogens is 213 g/mol. The quantitative estimate of drug-likeness (QED) is 0.168. The number of carbonyl (C=O) groups is 1. The molecular formula is C4H6NO3Rh-. The molecule has 0 aliphatic rings. The molecule has 0 saturated carbocycles. The number of carbonyl (C=O) groups excluding carboxylic acids is 2. The molecule has 0 aliphatic carbocycles. The van der Waals surface area contributed by atoms with Gasteiger partial charge in [-0.15, -0.1) is 0 Å². The standard InChI is InChI=1S/C4H6NO3.Rh/c1-4(7)8-3-5-2-6;/h3H2,1H3,(H,5,6);/q-1;. The average Bonchev–Trinajstić information content (AvgIpc) is 1.66. The molecule has 0 bridgehead atoms. The summed E-state index contributed by atoms with van der Waals surface area (Å²) in [5.74, 6) is -0.423. The number of rotatable bonds is 3. The molecule has 0 atom stereocenters. The van der Waals surface area contributed by atoms with Crippen LogP contribution in [-0.2, 0) is 33.8 Å². The summed E-state index contributed by atoms with van der Waals surface area (Å²) in [6.07, 6.45) is 1.35. The second-order valence-electron chi connectivity index (χ2n) is 1.06. The zero-order valence-corrected chi connectivity index (χ0v) is 6.40. The van der Waals surface area contributed by atoms with Crippen molar-refractivity contribution < 1.29 is 33.8 Å². The van der Waals surface area contributed by atoms with Crippen molar-refractivity contribution in [1.29, 1.82) is 0 Å². The van der Waals surface area contributed by atoms with E-state index in [0.29, 0.717) is 0 Å². The fourth-order valence-electron chi connectivity index (χ4n) is 0.167. The summed E-state index contributed by atoms with van der Waals surface area (Å²) in [6.45, 7) is 1.16. The molecule has 5 heteroatoms. The first-order valence-electron chi connectivity index (χ1n) is 2.00. The monoisotopic (exact) mass is 219 g/mol. The van der Waals surface area contributed by atoms with E-state index in [9.17, 15) is 9.59 Å².